The molecule has 0 fully saturated rings. The topological polar surface area (TPSA) is 53.6 Å². The predicted octanol–water partition coefficient (Wildman–Crippen LogP) is 4.43. The Kier molecular flexibility index (Phi) is 2.90. The predicted molar refractivity (Wildman–Crippen MR) is 86.9 cm³/mol. The zero-order valence-corrected chi connectivity index (χ0v) is 11.9. The summed E-state index contributed by atoms with van der Waals surface area (Å²) in [6.07, 6.45) is 1.82. The molecule has 21 heavy (non-hydrogen) atoms. The molecule has 4 rings (SSSR count). The third-order valence-corrected chi connectivity index (χ3v) is 4.02. The zero-order valence-electron chi connectivity index (χ0n) is 11.1. The van der Waals surface area contributed by atoms with Gasteiger partial charge in [-0.3, -0.25) is 5.10 Å². The van der Waals surface area contributed by atoms with E-state index in [0.717, 1.165) is 33.0 Å². The molecule has 0 amide bonds. The lowest BCUT2D eigenvalue weighted by molar-refractivity contribution is 1.12. The van der Waals surface area contributed by atoms with Gasteiger partial charge >= 0.3 is 0 Å². The summed E-state index contributed by atoms with van der Waals surface area (Å²) in [6.45, 7) is 0. The molecule has 0 aliphatic rings. The Hall–Kier alpha value is -2.66. The van der Waals surface area contributed by atoms with E-state index < -0.39 is 0 Å². The van der Waals surface area contributed by atoms with Crippen LogP contribution in [0.25, 0.3) is 22.2 Å². The summed E-state index contributed by atoms with van der Waals surface area (Å²) >= 11 is 1.60. The molecule has 5 heteroatoms. The molecule has 4 aromatic rings. The van der Waals surface area contributed by atoms with Gasteiger partial charge < -0.3 is 5.32 Å². The van der Waals surface area contributed by atoms with Crippen LogP contribution >= 0.6 is 11.3 Å². The summed E-state index contributed by atoms with van der Waals surface area (Å²) in [6, 6.07) is 16.3. The van der Waals surface area contributed by atoms with Crippen molar-refractivity contribution in [2.24, 2.45) is 0 Å². The van der Waals surface area contributed by atoms with Crippen molar-refractivity contribution in [3.63, 3.8) is 0 Å². The molecule has 0 saturated heterocycles. The summed E-state index contributed by atoms with van der Waals surface area (Å²) in [5.41, 5.74) is 4.17. The van der Waals surface area contributed by atoms with Crippen molar-refractivity contribution in [3.05, 3.63) is 60.1 Å². The second kappa shape index (κ2) is 5.03. The van der Waals surface area contributed by atoms with Crippen LogP contribution in [0, 0.1) is 0 Å². The van der Waals surface area contributed by atoms with Crippen LogP contribution in [0.5, 0.6) is 0 Å². The van der Waals surface area contributed by atoms with E-state index in [1.165, 1.54) is 0 Å². The van der Waals surface area contributed by atoms with Crippen LogP contribution in [0.3, 0.4) is 0 Å². The number of nitrogens with one attached hydrogen (secondary N) is 2. The third-order valence-electron chi connectivity index (χ3n) is 3.27. The van der Waals surface area contributed by atoms with Crippen molar-refractivity contribution in [2.75, 3.05) is 5.32 Å². The molecule has 2 aromatic carbocycles. The number of hydrogen-bond acceptors (Lipinski definition) is 4. The number of nitrogens with zero attached hydrogens (tertiary/aromatic N) is 2. The minimum atomic E-state index is 0.886. The Balaban J connectivity index is 1.61. The number of aromatic nitrogens is 3. The maximum Gasteiger partial charge on any atom is 0.187 e. The number of rotatable bonds is 3. The van der Waals surface area contributed by atoms with Gasteiger partial charge in [0, 0.05) is 22.0 Å². The maximum atomic E-state index is 4.63. The van der Waals surface area contributed by atoms with Gasteiger partial charge in [-0.2, -0.15) is 5.10 Å². The van der Waals surface area contributed by atoms with Gasteiger partial charge in [0.2, 0.25) is 0 Å². The van der Waals surface area contributed by atoms with Crippen LogP contribution in [-0.4, -0.2) is 15.2 Å². The van der Waals surface area contributed by atoms with Crippen LogP contribution < -0.4 is 5.32 Å². The van der Waals surface area contributed by atoms with Gasteiger partial charge in [-0.1, -0.05) is 30.3 Å². The number of aromatic amines is 1. The van der Waals surface area contributed by atoms with Crippen LogP contribution in [0.15, 0.2) is 60.1 Å². The summed E-state index contributed by atoms with van der Waals surface area (Å²) in [7, 11) is 0. The van der Waals surface area contributed by atoms with Gasteiger partial charge in [0.15, 0.2) is 5.13 Å². The van der Waals surface area contributed by atoms with Crippen LogP contribution in [-0.2, 0) is 0 Å². The summed E-state index contributed by atoms with van der Waals surface area (Å²) in [5.74, 6) is 0. The lowest BCUT2D eigenvalue weighted by Gasteiger charge is -2.02. The number of thiazole rings is 1. The van der Waals surface area contributed by atoms with E-state index in [0.29, 0.717) is 0 Å². The van der Waals surface area contributed by atoms with Gasteiger partial charge in [0.05, 0.1) is 17.4 Å². The number of hydrogen-bond donors (Lipinski definition) is 2. The minimum absolute atomic E-state index is 0.886. The Morgan fingerprint density at radius 3 is 2.86 bits per heavy atom. The Bertz CT molecular complexity index is 879. The molecule has 0 bridgehead atoms. The van der Waals surface area contributed by atoms with E-state index in [9.17, 15) is 0 Å². The molecule has 2 aromatic heterocycles. The first kappa shape index (κ1) is 12.1. The van der Waals surface area contributed by atoms with Crippen molar-refractivity contribution in [1.82, 2.24) is 15.2 Å². The number of fused-ring (bicyclic) bond motifs is 1. The fraction of sp³-hybridized carbons (Fsp3) is 0. The highest BCUT2D eigenvalue weighted by Gasteiger charge is 2.05. The largest absolute Gasteiger partial charge is 0.332 e. The first-order valence-corrected chi connectivity index (χ1v) is 7.47. The monoisotopic (exact) mass is 292 g/mol. The zero-order chi connectivity index (χ0) is 14.1. The molecule has 4 nitrogen and oxygen atoms in total. The minimum Gasteiger partial charge on any atom is -0.332 e. The first-order valence-electron chi connectivity index (χ1n) is 6.59. The van der Waals surface area contributed by atoms with E-state index in [1.807, 2.05) is 36.5 Å². The molecule has 0 aliphatic heterocycles. The number of H-pyrrole nitrogens is 1. The van der Waals surface area contributed by atoms with Gasteiger partial charge in [0.25, 0.3) is 0 Å². The van der Waals surface area contributed by atoms with E-state index in [-0.39, 0.29) is 0 Å². The fourth-order valence-corrected chi connectivity index (χ4v) is 2.96. The lowest BCUT2D eigenvalue weighted by atomic mass is 10.2. The van der Waals surface area contributed by atoms with Crippen LogP contribution in [0.4, 0.5) is 10.8 Å². The van der Waals surface area contributed by atoms with Gasteiger partial charge in [-0.25, -0.2) is 4.98 Å². The van der Waals surface area contributed by atoms with E-state index >= 15 is 0 Å². The summed E-state index contributed by atoms with van der Waals surface area (Å²) in [5, 5.41) is 14.3. The highest BCUT2D eigenvalue weighted by Crippen LogP contribution is 2.27. The quantitative estimate of drug-likeness (QED) is 0.587. The third kappa shape index (κ3) is 2.39. The normalized spacial score (nSPS) is 10.9. The average molecular weight is 292 g/mol. The van der Waals surface area contributed by atoms with Crippen LogP contribution in [0.2, 0.25) is 0 Å². The van der Waals surface area contributed by atoms with E-state index in [1.54, 1.807) is 11.3 Å². The SMILES string of the molecule is c1ccc(-c2csc(Nc3ccc4[nH]ncc4c3)n2)cc1. The van der Waals surface area contributed by atoms with Crippen LogP contribution in [0.1, 0.15) is 0 Å². The van der Waals surface area contributed by atoms with E-state index in [4.69, 9.17) is 0 Å². The van der Waals surface area contributed by atoms with Crippen molar-refractivity contribution < 1.29 is 0 Å². The molecule has 0 radical (unpaired) electrons. The first-order chi connectivity index (χ1) is 10.4. The Labute approximate surface area is 125 Å². The lowest BCUT2D eigenvalue weighted by Crippen LogP contribution is -1.89. The molecular formula is C16H12N4S. The molecule has 0 saturated carbocycles. The number of benzene rings is 2. The van der Waals surface area contributed by atoms with Crippen molar-refractivity contribution in [2.45, 2.75) is 0 Å². The Morgan fingerprint density at radius 2 is 1.95 bits per heavy atom. The molecule has 102 valence electrons. The average Bonchev–Trinajstić information content (AvgIpc) is 3.17. The standard InChI is InChI=1S/C16H12N4S/c1-2-4-11(5-3-1)15-10-21-16(19-15)18-13-6-7-14-12(8-13)9-17-20-14/h1-10H,(H,17,20)(H,18,19). The molecule has 0 atom stereocenters. The molecule has 2 heterocycles. The highest BCUT2D eigenvalue weighted by atomic mass is 32.1. The number of anilines is 2. The summed E-state index contributed by atoms with van der Waals surface area (Å²) in [4.78, 5) is 4.63. The fourth-order valence-electron chi connectivity index (χ4n) is 2.22. The molecule has 2 N–H and O–H groups in total. The van der Waals surface area contributed by atoms with Crippen molar-refractivity contribution in [1.29, 1.82) is 0 Å². The van der Waals surface area contributed by atoms with Gasteiger partial charge in [0.1, 0.15) is 0 Å². The van der Waals surface area contributed by atoms with Gasteiger partial charge in [-0.05, 0) is 18.2 Å². The smallest absolute Gasteiger partial charge is 0.187 e. The maximum absolute atomic E-state index is 4.63. The highest BCUT2D eigenvalue weighted by molar-refractivity contribution is 7.14. The van der Waals surface area contributed by atoms with E-state index in [2.05, 4.69) is 44.1 Å². The Morgan fingerprint density at radius 1 is 1.05 bits per heavy atom. The molecule has 0 spiro atoms. The van der Waals surface area contributed by atoms with Crippen molar-refractivity contribution >= 4 is 33.1 Å². The molecular weight excluding hydrogens is 280 g/mol. The molecule has 0 unspecified atom stereocenters. The van der Waals surface area contributed by atoms with Gasteiger partial charge in [-0.15, -0.1) is 11.3 Å². The second-order valence-corrected chi connectivity index (χ2v) is 5.56. The second-order valence-electron chi connectivity index (χ2n) is 4.70. The summed E-state index contributed by atoms with van der Waals surface area (Å²) < 4.78 is 0. The van der Waals surface area contributed by atoms with Crippen molar-refractivity contribution in [3.8, 4) is 11.3 Å². The molecule has 0 aliphatic carbocycles.